The smallest absolute Gasteiger partial charge is 0.366 e. The molecule has 1 amide bonds. The molecule has 0 aliphatic carbocycles. The van der Waals surface area contributed by atoms with E-state index in [1.165, 1.54) is 12.8 Å². The average molecular weight is 571 g/mol. The van der Waals surface area contributed by atoms with Crippen molar-refractivity contribution in [2.24, 2.45) is 11.7 Å². The predicted octanol–water partition coefficient (Wildman–Crippen LogP) is 6.43. The van der Waals surface area contributed by atoms with E-state index in [0.717, 1.165) is 49.2 Å². The zero-order valence-corrected chi connectivity index (χ0v) is 23.0. The largest absolute Gasteiger partial charge is 0.416 e. The van der Waals surface area contributed by atoms with Crippen molar-refractivity contribution in [2.75, 3.05) is 20.1 Å². The van der Waals surface area contributed by atoms with Crippen molar-refractivity contribution in [3.05, 3.63) is 63.9 Å². The molecule has 3 N–H and O–H groups in total. The third-order valence-electron chi connectivity index (χ3n) is 7.66. The highest BCUT2D eigenvalue weighted by atomic mass is 35.5. The van der Waals surface area contributed by atoms with Crippen LogP contribution in [0.2, 0.25) is 5.02 Å². The Hall–Kier alpha value is -3.50. The number of primary amides is 1. The van der Waals surface area contributed by atoms with E-state index in [1.54, 1.807) is 25.3 Å². The van der Waals surface area contributed by atoms with Crippen LogP contribution in [0.15, 0.2) is 36.5 Å². The van der Waals surface area contributed by atoms with Gasteiger partial charge in [-0.25, -0.2) is 15.0 Å². The Labute approximate surface area is 235 Å². The lowest BCUT2D eigenvalue weighted by Crippen LogP contribution is -2.30. The van der Waals surface area contributed by atoms with Gasteiger partial charge >= 0.3 is 6.18 Å². The molecule has 7 nitrogen and oxygen atoms in total. The summed E-state index contributed by atoms with van der Waals surface area (Å²) in [5.41, 5.74) is 8.38. The minimum atomic E-state index is -4.53. The number of nitrogens with zero attached hydrogens (tertiary/aromatic N) is 4. The van der Waals surface area contributed by atoms with Crippen molar-refractivity contribution in [3.63, 3.8) is 0 Å². The van der Waals surface area contributed by atoms with Crippen molar-refractivity contribution in [1.29, 1.82) is 0 Å². The van der Waals surface area contributed by atoms with Crippen molar-refractivity contribution in [2.45, 2.75) is 45.2 Å². The molecule has 0 bridgehead atoms. The van der Waals surface area contributed by atoms with Crippen LogP contribution in [0.3, 0.4) is 0 Å². The van der Waals surface area contributed by atoms with Gasteiger partial charge in [0.15, 0.2) is 5.82 Å². The molecule has 0 atom stereocenters. The number of aromatic nitrogens is 4. The third kappa shape index (κ3) is 5.83. The SMILES string of the molecule is Cc1nc(-c2cccc(C(N)=O)c2CCCC2CCN(C)CC2)ncc1-c1nc2c(Cl)cc(C(F)(F)F)cc2[nH]1. The van der Waals surface area contributed by atoms with Crippen LogP contribution in [0.25, 0.3) is 33.8 Å². The van der Waals surface area contributed by atoms with Gasteiger partial charge in [0.25, 0.3) is 0 Å². The number of fused-ring (bicyclic) bond motifs is 1. The molecular weight excluding hydrogens is 541 g/mol. The normalized spacial score (nSPS) is 15.2. The summed E-state index contributed by atoms with van der Waals surface area (Å²) in [6, 6.07) is 7.22. The lowest BCUT2D eigenvalue weighted by atomic mass is 9.89. The van der Waals surface area contributed by atoms with Crippen molar-refractivity contribution >= 4 is 28.5 Å². The summed E-state index contributed by atoms with van der Waals surface area (Å²) in [5, 5.41) is -0.101. The van der Waals surface area contributed by atoms with E-state index in [1.807, 2.05) is 6.07 Å². The van der Waals surface area contributed by atoms with Gasteiger partial charge in [-0.05, 0) is 82.4 Å². The molecule has 5 rings (SSSR count). The number of H-pyrrole nitrogens is 1. The number of piperidine rings is 1. The Balaban J connectivity index is 1.44. The Bertz CT molecular complexity index is 1560. The zero-order chi connectivity index (χ0) is 28.6. The second kappa shape index (κ2) is 11.2. The average Bonchev–Trinajstić information content (AvgIpc) is 3.34. The van der Waals surface area contributed by atoms with Crippen LogP contribution in [0.4, 0.5) is 13.2 Å². The predicted molar refractivity (Wildman–Crippen MR) is 149 cm³/mol. The number of carbonyl (C=O) groups is 1. The molecular formula is C29H30ClF3N6O. The Kier molecular flexibility index (Phi) is 7.83. The van der Waals surface area contributed by atoms with Gasteiger partial charge in [0.1, 0.15) is 11.3 Å². The van der Waals surface area contributed by atoms with Gasteiger partial charge in [0.2, 0.25) is 5.91 Å². The number of alkyl halides is 3. The van der Waals surface area contributed by atoms with E-state index in [2.05, 4.69) is 26.9 Å². The summed E-state index contributed by atoms with van der Waals surface area (Å²) in [7, 11) is 2.14. The van der Waals surface area contributed by atoms with Gasteiger partial charge in [-0.3, -0.25) is 4.79 Å². The number of carbonyl (C=O) groups excluding carboxylic acids is 1. The number of imidazole rings is 1. The summed E-state index contributed by atoms with van der Waals surface area (Å²) in [6.07, 6.45) is 2.06. The van der Waals surface area contributed by atoms with Gasteiger partial charge in [-0.2, -0.15) is 13.2 Å². The molecule has 2 aromatic heterocycles. The Morgan fingerprint density at radius 2 is 1.93 bits per heavy atom. The lowest BCUT2D eigenvalue weighted by Gasteiger charge is -2.29. The van der Waals surface area contributed by atoms with Crippen LogP contribution in [0, 0.1) is 12.8 Å². The zero-order valence-electron chi connectivity index (χ0n) is 22.3. The molecule has 210 valence electrons. The molecule has 2 aromatic carbocycles. The summed E-state index contributed by atoms with van der Waals surface area (Å²) < 4.78 is 39.7. The van der Waals surface area contributed by atoms with E-state index in [9.17, 15) is 18.0 Å². The fourth-order valence-corrected chi connectivity index (χ4v) is 5.67. The van der Waals surface area contributed by atoms with Gasteiger partial charge in [0, 0.05) is 17.3 Å². The third-order valence-corrected chi connectivity index (χ3v) is 7.95. The van der Waals surface area contributed by atoms with Crippen molar-refractivity contribution in [1.82, 2.24) is 24.8 Å². The first-order chi connectivity index (χ1) is 19.0. The molecule has 3 heterocycles. The first-order valence-electron chi connectivity index (χ1n) is 13.2. The van der Waals surface area contributed by atoms with Crippen LogP contribution in [-0.2, 0) is 12.6 Å². The maximum Gasteiger partial charge on any atom is 0.416 e. The number of nitrogens with two attached hydrogens (primary N) is 1. The van der Waals surface area contributed by atoms with E-state index in [-0.39, 0.29) is 16.1 Å². The lowest BCUT2D eigenvalue weighted by molar-refractivity contribution is -0.137. The molecule has 11 heteroatoms. The quantitative estimate of drug-likeness (QED) is 0.267. The van der Waals surface area contributed by atoms with Gasteiger partial charge < -0.3 is 15.6 Å². The Morgan fingerprint density at radius 1 is 1.18 bits per heavy atom. The van der Waals surface area contributed by atoms with Crippen molar-refractivity contribution in [3.8, 4) is 22.8 Å². The molecule has 0 spiro atoms. The fourth-order valence-electron chi connectivity index (χ4n) is 5.41. The van der Waals surface area contributed by atoms with Crippen LogP contribution >= 0.6 is 11.6 Å². The number of likely N-dealkylation sites (tertiary alicyclic amines) is 1. The minimum Gasteiger partial charge on any atom is -0.366 e. The number of rotatable bonds is 7. The second-order valence-electron chi connectivity index (χ2n) is 10.5. The number of nitrogens with one attached hydrogen (secondary N) is 1. The van der Waals surface area contributed by atoms with Gasteiger partial charge in [-0.1, -0.05) is 30.2 Å². The highest BCUT2D eigenvalue weighted by Gasteiger charge is 2.32. The number of hydrogen-bond donors (Lipinski definition) is 2. The number of aryl methyl sites for hydroxylation is 1. The van der Waals surface area contributed by atoms with E-state index >= 15 is 0 Å². The molecule has 0 radical (unpaired) electrons. The maximum atomic E-state index is 13.2. The monoisotopic (exact) mass is 570 g/mol. The van der Waals surface area contributed by atoms with Crippen LogP contribution in [0.1, 0.15) is 52.9 Å². The van der Waals surface area contributed by atoms with Crippen LogP contribution in [0.5, 0.6) is 0 Å². The molecule has 1 aliphatic rings. The number of hydrogen-bond acceptors (Lipinski definition) is 5. The molecule has 1 saturated heterocycles. The van der Waals surface area contributed by atoms with E-state index < -0.39 is 17.6 Å². The number of amides is 1. The highest BCUT2D eigenvalue weighted by Crippen LogP contribution is 2.36. The molecule has 0 unspecified atom stereocenters. The van der Waals surface area contributed by atoms with Gasteiger partial charge in [-0.15, -0.1) is 0 Å². The maximum absolute atomic E-state index is 13.2. The van der Waals surface area contributed by atoms with E-state index in [0.29, 0.717) is 40.8 Å². The molecule has 40 heavy (non-hydrogen) atoms. The Morgan fingerprint density at radius 3 is 2.60 bits per heavy atom. The highest BCUT2D eigenvalue weighted by molar-refractivity contribution is 6.35. The van der Waals surface area contributed by atoms with Crippen LogP contribution in [-0.4, -0.2) is 50.9 Å². The van der Waals surface area contributed by atoms with E-state index in [4.69, 9.17) is 22.3 Å². The molecule has 1 aliphatic heterocycles. The summed E-state index contributed by atoms with van der Waals surface area (Å²) >= 11 is 6.12. The van der Waals surface area contributed by atoms with Crippen molar-refractivity contribution < 1.29 is 18.0 Å². The molecule has 4 aromatic rings. The first kappa shape index (κ1) is 28.0. The summed E-state index contributed by atoms with van der Waals surface area (Å²) in [6.45, 7) is 3.98. The topological polar surface area (TPSA) is 101 Å². The fraction of sp³-hybridized carbons (Fsp3) is 0.379. The summed E-state index contributed by atoms with van der Waals surface area (Å²) in [4.78, 5) is 31.2. The summed E-state index contributed by atoms with van der Waals surface area (Å²) in [5.74, 6) is 0.918. The van der Waals surface area contributed by atoms with Gasteiger partial charge in [0.05, 0.1) is 27.4 Å². The standard InChI is InChI=1S/C29H30ClF3N6O/c1-16-22(28-37-24-14-18(29(31,32)33)13-23(30)25(24)38-28)15-35-27(36-16)21-8-4-7-20(26(34)40)19(21)6-3-5-17-9-11-39(2)12-10-17/h4,7-8,13-15,17H,3,5-6,9-12H2,1-2H3,(H2,34,40)(H,37,38). The molecule has 1 fully saturated rings. The van der Waals surface area contributed by atoms with Crippen LogP contribution < -0.4 is 5.73 Å². The first-order valence-corrected chi connectivity index (χ1v) is 13.6. The number of halogens is 4. The number of aromatic amines is 1. The number of benzene rings is 2. The second-order valence-corrected chi connectivity index (χ2v) is 10.9. The molecule has 0 saturated carbocycles. The minimum absolute atomic E-state index is 0.101.